The van der Waals surface area contributed by atoms with Gasteiger partial charge < -0.3 is 5.32 Å². The van der Waals surface area contributed by atoms with Crippen molar-refractivity contribution in [1.82, 2.24) is 18.6 Å². The summed E-state index contributed by atoms with van der Waals surface area (Å²) in [6.07, 6.45) is 5.31. The molecule has 0 aromatic carbocycles. The van der Waals surface area contributed by atoms with Gasteiger partial charge in [-0.25, -0.2) is 4.98 Å². The molecule has 1 aliphatic rings. The Balaban J connectivity index is 1.69. The molecule has 0 aliphatic carbocycles. The molecule has 8 heteroatoms. The molecule has 2 aromatic heterocycles. The van der Waals surface area contributed by atoms with Crippen molar-refractivity contribution in [2.45, 2.75) is 32.6 Å². The molecule has 1 atom stereocenters. The second-order valence-electron chi connectivity index (χ2n) is 6.60. The summed E-state index contributed by atoms with van der Waals surface area (Å²) in [6, 6.07) is 9.63. The molecule has 3 rings (SSSR count). The minimum absolute atomic E-state index is 0.119. The lowest BCUT2D eigenvalue weighted by molar-refractivity contribution is 0.285. The molecule has 0 unspecified atom stereocenters. The number of aromatic nitrogens is 2. The molecule has 1 saturated heterocycles. The van der Waals surface area contributed by atoms with Crippen LogP contribution in [0.2, 0.25) is 0 Å². The summed E-state index contributed by atoms with van der Waals surface area (Å²) in [7, 11) is -3.40. The first-order valence-electron chi connectivity index (χ1n) is 9.43. The maximum absolute atomic E-state index is 12.8. The Morgan fingerprint density at radius 3 is 2.63 bits per heavy atom. The fourth-order valence-electron chi connectivity index (χ4n) is 3.41. The molecule has 0 radical (unpaired) electrons. The maximum Gasteiger partial charge on any atom is 0.281 e. The largest absolute Gasteiger partial charge is 0.339 e. The lowest BCUT2D eigenvalue weighted by Crippen LogP contribution is -2.47. The highest BCUT2D eigenvalue weighted by Gasteiger charge is 2.33. The van der Waals surface area contributed by atoms with Crippen LogP contribution in [-0.4, -0.2) is 53.2 Å². The third kappa shape index (κ3) is 4.63. The van der Waals surface area contributed by atoms with E-state index >= 15 is 0 Å². The van der Waals surface area contributed by atoms with Crippen molar-refractivity contribution in [3.63, 3.8) is 0 Å². The van der Waals surface area contributed by atoms with Crippen molar-refractivity contribution in [3.8, 4) is 0 Å². The zero-order chi connectivity index (χ0) is 19.3. The Labute approximate surface area is 161 Å². The van der Waals surface area contributed by atoms with E-state index in [0.29, 0.717) is 26.2 Å². The van der Waals surface area contributed by atoms with Crippen LogP contribution in [0.15, 0.2) is 42.7 Å². The van der Waals surface area contributed by atoms with Crippen LogP contribution < -0.4 is 5.32 Å². The molecule has 7 nitrogen and oxygen atoms in total. The highest BCUT2D eigenvalue weighted by Crippen LogP contribution is 2.28. The van der Waals surface area contributed by atoms with Crippen LogP contribution in [-0.2, 0) is 10.2 Å². The van der Waals surface area contributed by atoms with Crippen molar-refractivity contribution in [1.29, 1.82) is 0 Å². The summed E-state index contributed by atoms with van der Waals surface area (Å²) in [5.41, 5.74) is 1.79. The molecule has 1 aliphatic heterocycles. The van der Waals surface area contributed by atoms with Crippen LogP contribution >= 0.6 is 0 Å². The van der Waals surface area contributed by atoms with Gasteiger partial charge in [0.25, 0.3) is 10.2 Å². The van der Waals surface area contributed by atoms with Gasteiger partial charge in [0.2, 0.25) is 0 Å². The first kappa shape index (κ1) is 19.7. The maximum atomic E-state index is 12.8. The van der Waals surface area contributed by atoms with Crippen LogP contribution in [0, 0.1) is 0 Å². The van der Waals surface area contributed by atoms with E-state index in [1.807, 2.05) is 44.2 Å². The number of hydrogen-bond acceptors (Lipinski definition) is 5. The molecule has 1 fully saturated rings. The quantitative estimate of drug-likeness (QED) is 0.788. The van der Waals surface area contributed by atoms with Gasteiger partial charge in [0.1, 0.15) is 5.82 Å². The first-order chi connectivity index (χ1) is 13.0. The minimum atomic E-state index is -3.40. The monoisotopic (exact) mass is 389 g/mol. The number of rotatable bonds is 7. The molecule has 0 bridgehead atoms. The molecule has 0 amide bonds. The fourth-order valence-corrected chi connectivity index (χ4v) is 5.12. The number of piperidine rings is 1. The Morgan fingerprint density at radius 2 is 2.00 bits per heavy atom. The molecular weight excluding hydrogens is 362 g/mol. The average Bonchev–Trinajstić information content (AvgIpc) is 2.70. The number of hydrogen-bond donors (Lipinski definition) is 1. The van der Waals surface area contributed by atoms with Crippen LogP contribution in [0.25, 0.3) is 0 Å². The minimum Gasteiger partial charge on any atom is -0.339 e. The van der Waals surface area contributed by atoms with Gasteiger partial charge in [0, 0.05) is 44.0 Å². The second kappa shape index (κ2) is 8.77. The van der Waals surface area contributed by atoms with E-state index in [0.717, 1.165) is 30.0 Å². The summed E-state index contributed by atoms with van der Waals surface area (Å²) in [5, 5.41) is 3.21. The second-order valence-corrected chi connectivity index (χ2v) is 8.53. The number of nitrogens with zero attached hydrogens (tertiary/aromatic N) is 4. The van der Waals surface area contributed by atoms with E-state index in [-0.39, 0.29) is 5.92 Å². The van der Waals surface area contributed by atoms with Gasteiger partial charge in [-0.15, -0.1) is 0 Å². The summed E-state index contributed by atoms with van der Waals surface area (Å²) < 4.78 is 28.7. The predicted octanol–water partition coefficient (Wildman–Crippen LogP) is 2.99. The zero-order valence-corrected chi connectivity index (χ0v) is 16.7. The molecule has 27 heavy (non-hydrogen) atoms. The fraction of sp³-hybridized carbons (Fsp3) is 0.474. The molecule has 0 spiro atoms. The number of nitrogens with one attached hydrogen (secondary N) is 1. The van der Waals surface area contributed by atoms with Crippen LogP contribution in [0.5, 0.6) is 0 Å². The van der Waals surface area contributed by atoms with Gasteiger partial charge in [-0.2, -0.15) is 17.0 Å². The Bertz CT molecular complexity index is 823. The highest BCUT2D eigenvalue weighted by atomic mass is 32.2. The Morgan fingerprint density at radius 1 is 1.19 bits per heavy atom. The predicted molar refractivity (Wildman–Crippen MR) is 107 cm³/mol. The molecule has 0 saturated carbocycles. The molecule has 3 heterocycles. The molecule has 146 valence electrons. The van der Waals surface area contributed by atoms with E-state index in [1.54, 1.807) is 16.7 Å². The van der Waals surface area contributed by atoms with Gasteiger partial charge in [-0.05, 0) is 37.1 Å². The van der Waals surface area contributed by atoms with Crippen molar-refractivity contribution < 1.29 is 8.42 Å². The lowest BCUT2D eigenvalue weighted by atomic mass is 9.95. The molecule has 2 aromatic rings. The smallest absolute Gasteiger partial charge is 0.281 e. The molecule has 1 N–H and O–H groups in total. The van der Waals surface area contributed by atoms with E-state index in [1.165, 1.54) is 4.31 Å². The van der Waals surface area contributed by atoms with E-state index < -0.39 is 10.2 Å². The van der Waals surface area contributed by atoms with E-state index in [2.05, 4.69) is 15.3 Å². The summed E-state index contributed by atoms with van der Waals surface area (Å²) in [6.45, 7) is 5.79. The third-order valence-electron chi connectivity index (χ3n) is 4.88. The van der Waals surface area contributed by atoms with Gasteiger partial charge in [-0.3, -0.25) is 4.98 Å². The highest BCUT2D eigenvalue weighted by molar-refractivity contribution is 7.86. The topological polar surface area (TPSA) is 78.4 Å². The van der Waals surface area contributed by atoms with Gasteiger partial charge in [0.05, 0.1) is 11.9 Å². The first-order valence-corrected chi connectivity index (χ1v) is 10.8. The van der Waals surface area contributed by atoms with Crippen LogP contribution in [0.3, 0.4) is 0 Å². The third-order valence-corrected chi connectivity index (χ3v) is 7.04. The Hall–Kier alpha value is -2.03. The normalized spacial score (nSPS) is 18.6. The van der Waals surface area contributed by atoms with Gasteiger partial charge in [-0.1, -0.05) is 19.9 Å². The Kier molecular flexibility index (Phi) is 6.41. The van der Waals surface area contributed by atoms with Crippen molar-refractivity contribution in [3.05, 3.63) is 48.4 Å². The zero-order valence-electron chi connectivity index (χ0n) is 15.9. The standard InChI is InChI=1S/C19H27N5O2S/c1-3-23(4-2)27(25,26)24-13-7-8-16(15-24)18-11-10-17(14-21-18)22-19-9-5-6-12-20-19/h5-6,9-12,14,16H,3-4,7-8,13,15H2,1-2H3,(H,20,22)/t16-/m1/s1. The SMILES string of the molecule is CCN(CC)S(=O)(=O)N1CCC[C@@H](c2ccc(Nc3ccccn3)cn2)C1. The lowest BCUT2D eigenvalue weighted by Gasteiger charge is -2.34. The summed E-state index contributed by atoms with van der Waals surface area (Å²) in [5.74, 6) is 0.884. The summed E-state index contributed by atoms with van der Waals surface area (Å²) >= 11 is 0. The van der Waals surface area contributed by atoms with Crippen molar-refractivity contribution >= 4 is 21.7 Å². The van der Waals surface area contributed by atoms with E-state index in [4.69, 9.17) is 0 Å². The van der Waals surface area contributed by atoms with Crippen LogP contribution in [0.1, 0.15) is 38.3 Å². The van der Waals surface area contributed by atoms with Crippen molar-refractivity contribution in [2.75, 3.05) is 31.5 Å². The van der Waals surface area contributed by atoms with Gasteiger partial charge in [0.15, 0.2) is 0 Å². The molecular formula is C19H27N5O2S. The average molecular weight is 390 g/mol. The number of anilines is 2. The van der Waals surface area contributed by atoms with E-state index in [9.17, 15) is 8.42 Å². The van der Waals surface area contributed by atoms with Crippen molar-refractivity contribution in [2.24, 2.45) is 0 Å². The number of pyridine rings is 2. The summed E-state index contributed by atoms with van der Waals surface area (Å²) in [4.78, 5) is 8.81. The van der Waals surface area contributed by atoms with Crippen LogP contribution in [0.4, 0.5) is 11.5 Å². The van der Waals surface area contributed by atoms with Gasteiger partial charge >= 0.3 is 0 Å².